The second kappa shape index (κ2) is 5.64. The summed E-state index contributed by atoms with van der Waals surface area (Å²) in [4.78, 5) is 0. The Morgan fingerprint density at radius 3 is 2.64 bits per heavy atom. The van der Waals surface area contributed by atoms with Crippen LogP contribution < -0.4 is 0 Å². The van der Waals surface area contributed by atoms with Gasteiger partial charge in [-0.2, -0.15) is 0 Å². The van der Waals surface area contributed by atoms with Crippen LogP contribution in [0, 0.1) is 6.92 Å². The molecule has 0 fully saturated rings. The predicted molar refractivity (Wildman–Crippen MR) is 64.5 cm³/mol. The average Bonchev–Trinajstić information content (AvgIpc) is 2.18. The van der Waals surface area contributed by atoms with E-state index in [9.17, 15) is 0 Å². The van der Waals surface area contributed by atoms with E-state index in [2.05, 4.69) is 38.6 Å². The van der Waals surface area contributed by atoms with Crippen molar-refractivity contribution in [3.63, 3.8) is 0 Å². The van der Waals surface area contributed by atoms with Crippen LogP contribution in [0.4, 0.5) is 0 Å². The van der Waals surface area contributed by atoms with Crippen LogP contribution in [0.1, 0.15) is 42.9 Å². The van der Waals surface area contributed by atoms with Gasteiger partial charge >= 0.3 is 0 Å². The van der Waals surface area contributed by atoms with Gasteiger partial charge in [-0.05, 0) is 36.5 Å². The molecule has 0 atom stereocenters. The minimum absolute atomic E-state index is 1.21. The van der Waals surface area contributed by atoms with E-state index < -0.39 is 0 Å². The van der Waals surface area contributed by atoms with Crippen LogP contribution in [0.5, 0.6) is 0 Å². The molecule has 1 aromatic carbocycles. The Balaban J connectivity index is 2.62. The molecule has 0 nitrogen and oxygen atoms in total. The Hall–Kier alpha value is -1.04. The van der Waals surface area contributed by atoms with Gasteiger partial charge in [0, 0.05) is 0 Å². The molecule has 0 amide bonds. The molecule has 0 heterocycles. The smallest absolute Gasteiger partial charge is 0.0233 e. The SMILES string of the molecule is C=Cc1ccc(CCCCC)cc1C. The van der Waals surface area contributed by atoms with Crippen LogP contribution in [0.3, 0.4) is 0 Å². The number of aryl methyl sites for hydroxylation is 2. The van der Waals surface area contributed by atoms with Crippen molar-refractivity contribution in [3.05, 3.63) is 41.5 Å². The highest BCUT2D eigenvalue weighted by molar-refractivity contribution is 5.52. The number of benzene rings is 1. The second-order valence-electron chi connectivity index (χ2n) is 3.85. The molecule has 1 rings (SSSR count). The van der Waals surface area contributed by atoms with Gasteiger partial charge in [-0.3, -0.25) is 0 Å². The van der Waals surface area contributed by atoms with Crippen LogP contribution in [0.2, 0.25) is 0 Å². The number of unbranched alkanes of at least 4 members (excludes halogenated alkanes) is 2. The second-order valence-corrected chi connectivity index (χ2v) is 3.85. The first-order chi connectivity index (χ1) is 6.77. The van der Waals surface area contributed by atoms with Gasteiger partial charge in [0.15, 0.2) is 0 Å². The molecule has 0 spiro atoms. The molecule has 0 aliphatic carbocycles. The zero-order chi connectivity index (χ0) is 10.4. The van der Waals surface area contributed by atoms with Crippen molar-refractivity contribution in [2.45, 2.75) is 39.5 Å². The number of hydrogen-bond donors (Lipinski definition) is 0. The quantitative estimate of drug-likeness (QED) is 0.602. The molecular weight excluding hydrogens is 168 g/mol. The summed E-state index contributed by atoms with van der Waals surface area (Å²) in [5.74, 6) is 0. The molecule has 0 heteroatoms. The fourth-order valence-corrected chi connectivity index (χ4v) is 1.70. The Morgan fingerprint density at radius 1 is 1.29 bits per heavy atom. The zero-order valence-corrected chi connectivity index (χ0v) is 9.34. The molecule has 0 aromatic heterocycles. The zero-order valence-electron chi connectivity index (χ0n) is 9.34. The molecule has 14 heavy (non-hydrogen) atoms. The highest BCUT2D eigenvalue weighted by Crippen LogP contribution is 2.14. The summed E-state index contributed by atoms with van der Waals surface area (Å²) in [5, 5.41) is 0. The molecule has 0 radical (unpaired) electrons. The summed E-state index contributed by atoms with van der Waals surface area (Å²) < 4.78 is 0. The van der Waals surface area contributed by atoms with E-state index >= 15 is 0 Å². The Labute approximate surface area is 87.7 Å². The van der Waals surface area contributed by atoms with E-state index in [0.29, 0.717) is 0 Å². The molecule has 0 aliphatic heterocycles. The normalized spacial score (nSPS) is 10.1. The monoisotopic (exact) mass is 188 g/mol. The summed E-state index contributed by atoms with van der Waals surface area (Å²) in [6, 6.07) is 6.68. The third kappa shape index (κ3) is 3.02. The van der Waals surface area contributed by atoms with E-state index in [4.69, 9.17) is 0 Å². The standard InChI is InChI=1S/C14H20/c1-4-6-7-8-13-9-10-14(5-2)12(3)11-13/h5,9-11H,2,4,6-8H2,1,3H3. The maximum atomic E-state index is 3.80. The average molecular weight is 188 g/mol. The molecule has 1 aromatic rings. The molecular formula is C14H20. The van der Waals surface area contributed by atoms with E-state index in [-0.39, 0.29) is 0 Å². The summed E-state index contributed by atoms with van der Waals surface area (Å²) in [7, 11) is 0. The van der Waals surface area contributed by atoms with Crippen LogP contribution in [-0.4, -0.2) is 0 Å². The fraction of sp³-hybridized carbons (Fsp3) is 0.429. The van der Waals surface area contributed by atoms with Gasteiger partial charge in [0.1, 0.15) is 0 Å². The molecule has 0 N–H and O–H groups in total. The van der Waals surface area contributed by atoms with Gasteiger partial charge in [0.05, 0.1) is 0 Å². The summed E-state index contributed by atoms with van der Waals surface area (Å²) in [6.07, 6.45) is 7.08. The van der Waals surface area contributed by atoms with Crippen LogP contribution in [0.25, 0.3) is 6.08 Å². The maximum Gasteiger partial charge on any atom is -0.0233 e. The number of rotatable bonds is 5. The lowest BCUT2D eigenvalue weighted by Crippen LogP contribution is -1.88. The first kappa shape index (κ1) is 11.0. The minimum Gasteiger partial charge on any atom is -0.0985 e. The van der Waals surface area contributed by atoms with Crippen LogP contribution >= 0.6 is 0 Å². The first-order valence-electron chi connectivity index (χ1n) is 5.50. The highest BCUT2D eigenvalue weighted by Gasteiger charge is 1.96. The Bertz CT molecular complexity index is 297. The lowest BCUT2D eigenvalue weighted by Gasteiger charge is -2.04. The van der Waals surface area contributed by atoms with E-state index in [1.165, 1.54) is 42.4 Å². The van der Waals surface area contributed by atoms with Crippen molar-refractivity contribution in [1.82, 2.24) is 0 Å². The predicted octanol–water partition coefficient (Wildman–Crippen LogP) is 4.37. The van der Waals surface area contributed by atoms with Crippen LogP contribution in [-0.2, 0) is 6.42 Å². The third-order valence-corrected chi connectivity index (χ3v) is 2.62. The van der Waals surface area contributed by atoms with Gasteiger partial charge in [-0.15, -0.1) is 0 Å². The van der Waals surface area contributed by atoms with Crippen LogP contribution in [0.15, 0.2) is 24.8 Å². The van der Waals surface area contributed by atoms with Crippen molar-refractivity contribution in [2.24, 2.45) is 0 Å². The van der Waals surface area contributed by atoms with Gasteiger partial charge < -0.3 is 0 Å². The fourth-order valence-electron chi connectivity index (χ4n) is 1.70. The van der Waals surface area contributed by atoms with E-state index in [0.717, 1.165) is 0 Å². The molecule has 0 unspecified atom stereocenters. The largest absolute Gasteiger partial charge is 0.0985 e. The topological polar surface area (TPSA) is 0 Å². The van der Waals surface area contributed by atoms with E-state index in [1.807, 2.05) is 6.08 Å². The minimum atomic E-state index is 1.21. The highest BCUT2D eigenvalue weighted by atomic mass is 14.0. The Kier molecular flexibility index (Phi) is 4.45. The van der Waals surface area contributed by atoms with E-state index in [1.54, 1.807) is 0 Å². The first-order valence-corrected chi connectivity index (χ1v) is 5.50. The Morgan fingerprint density at radius 2 is 2.07 bits per heavy atom. The van der Waals surface area contributed by atoms with Crippen molar-refractivity contribution in [3.8, 4) is 0 Å². The number of hydrogen-bond acceptors (Lipinski definition) is 0. The van der Waals surface area contributed by atoms with Crippen molar-refractivity contribution >= 4 is 6.08 Å². The van der Waals surface area contributed by atoms with Crippen molar-refractivity contribution < 1.29 is 0 Å². The van der Waals surface area contributed by atoms with Crippen molar-refractivity contribution in [2.75, 3.05) is 0 Å². The molecule has 76 valence electrons. The summed E-state index contributed by atoms with van der Waals surface area (Å²) in [6.45, 7) is 8.19. The molecule has 0 saturated carbocycles. The van der Waals surface area contributed by atoms with Gasteiger partial charge in [-0.1, -0.05) is 50.6 Å². The summed E-state index contributed by atoms with van der Waals surface area (Å²) >= 11 is 0. The van der Waals surface area contributed by atoms with Gasteiger partial charge in [0.25, 0.3) is 0 Å². The molecule has 0 aliphatic rings. The summed E-state index contributed by atoms with van der Waals surface area (Å²) in [5.41, 5.74) is 4.06. The van der Waals surface area contributed by atoms with Crippen molar-refractivity contribution in [1.29, 1.82) is 0 Å². The lowest BCUT2D eigenvalue weighted by atomic mass is 10.0. The third-order valence-electron chi connectivity index (χ3n) is 2.62. The molecule has 0 saturated heterocycles. The maximum absolute atomic E-state index is 3.80. The lowest BCUT2D eigenvalue weighted by molar-refractivity contribution is 0.717. The van der Waals surface area contributed by atoms with Gasteiger partial charge in [-0.25, -0.2) is 0 Å². The van der Waals surface area contributed by atoms with Gasteiger partial charge in [0.2, 0.25) is 0 Å². The molecule has 0 bridgehead atoms.